The van der Waals surface area contributed by atoms with Gasteiger partial charge in [0.05, 0.1) is 17.1 Å². The summed E-state index contributed by atoms with van der Waals surface area (Å²) in [5.41, 5.74) is 4.17. The third-order valence-electron chi connectivity index (χ3n) is 4.39. The fourth-order valence-electron chi connectivity index (χ4n) is 2.88. The molecule has 0 saturated carbocycles. The van der Waals surface area contributed by atoms with E-state index in [1.807, 2.05) is 31.2 Å². The number of benzene rings is 2. The number of nitrogens with zero attached hydrogens (tertiary/aromatic N) is 3. The fourth-order valence-corrected chi connectivity index (χ4v) is 2.88. The quantitative estimate of drug-likeness (QED) is 0.495. The van der Waals surface area contributed by atoms with E-state index < -0.39 is 5.82 Å². The molecule has 2 aromatic carbocycles. The van der Waals surface area contributed by atoms with Crippen LogP contribution in [0.4, 0.5) is 21.7 Å². The molecular formula is C23H18FN5O. The number of carbonyl (C=O) groups excluding carboxylic acids is 1. The Morgan fingerprint density at radius 1 is 0.967 bits per heavy atom. The first-order valence-corrected chi connectivity index (χ1v) is 9.26. The summed E-state index contributed by atoms with van der Waals surface area (Å²) in [7, 11) is 0. The van der Waals surface area contributed by atoms with Gasteiger partial charge >= 0.3 is 0 Å². The second-order valence-corrected chi connectivity index (χ2v) is 6.64. The molecule has 0 bridgehead atoms. The van der Waals surface area contributed by atoms with Crippen LogP contribution in [0, 0.1) is 12.7 Å². The molecule has 7 heteroatoms. The van der Waals surface area contributed by atoms with Crippen molar-refractivity contribution in [1.29, 1.82) is 0 Å². The number of hydrogen-bond donors (Lipinski definition) is 2. The summed E-state index contributed by atoms with van der Waals surface area (Å²) in [5.74, 6) is -0.346. The molecule has 0 atom stereocenters. The maximum Gasteiger partial charge on any atom is 0.255 e. The normalized spacial score (nSPS) is 10.5. The van der Waals surface area contributed by atoms with Crippen molar-refractivity contribution in [2.45, 2.75) is 6.92 Å². The van der Waals surface area contributed by atoms with Gasteiger partial charge in [0.15, 0.2) is 0 Å². The molecule has 4 aromatic rings. The fraction of sp³-hybridized carbons (Fsp3) is 0.0435. The van der Waals surface area contributed by atoms with E-state index in [0.29, 0.717) is 22.9 Å². The highest BCUT2D eigenvalue weighted by molar-refractivity contribution is 6.06. The minimum Gasteiger partial charge on any atom is -0.322 e. The van der Waals surface area contributed by atoms with Gasteiger partial charge in [-0.15, -0.1) is 0 Å². The number of hydrogen-bond acceptors (Lipinski definition) is 5. The Balaban J connectivity index is 1.60. The van der Waals surface area contributed by atoms with E-state index in [9.17, 15) is 9.18 Å². The van der Waals surface area contributed by atoms with E-state index in [1.165, 1.54) is 24.3 Å². The molecule has 0 aliphatic carbocycles. The van der Waals surface area contributed by atoms with Gasteiger partial charge in [-0.25, -0.2) is 14.4 Å². The lowest BCUT2D eigenvalue weighted by Crippen LogP contribution is -2.13. The van der Waals surface area contributed by atoms with Gasteiger partial charge in [-0.05, 0) is 67.1 Å². The van der Waals surface area contributed by atoms with Crippen LogP contribution in [0.1, 0.15) is 15.9 Å². The molecule has 0 spiro atoms. The van der Waals surface area contributed by atoms with Crippen molar-refractivity contribution in [2.75, 3.05) is 10.6 Å². The Bertz CT molecular complexity index is 1180. The molecule has 6 nitrogen and oxygen atoms in total. The van der Waals surface area contributed by atoms with Crippen molar-refractivity contribution in [3.8, 4) is 11.3 Å². The lowest BCUT2D eigenvalue weighted by molar-refractivity contribution is 0.102. The summed E-state index contributed by atoms with van der Waals surface area (Å²) in [6, 6.07) is 16.5. The third kappa shape index (κ3) is 4.47. The molecule has 0 radical (unpaired) electrons. The highest BCUT2D eigenvalue weighted by atomic mass is 19.1. The number of nitrogens with one attached hydrogen (secondary N) is 2. The smallest absolute Gasteiger partial charge is 0.255 e. The lowest BCUT2D eigenvalue weighted by atomic mass is 10.1. The first kappa shape index (κ1) is 19.2. The van der Waals surface area contributed by atoms with Gasteiger partial charge < -0.3 is 10.6 Å². The monoisotopic (exact) mass is 399 g/mol. The second kappa shape index (κ2) is 8.48. The average Bonchev–Trinajstić information content (AvgIpc) is 2.77. The van der Waals surface area contributed by atoms with Crippen molar-refractivity contribution in [2.24, 2.45) is 0 Å². The minimum atomic E-state index is -0.394. The zero-order valence-corrected chi connectivity index (χ0v) is 16.1. The van der Waals surface area contributed by atoms with Crippen molar-refractivity contribution >= 4 is 23.2 Å². The van der Waals surface area contributed by atoms with E-state index in [-0.39, 0.29) is 5.91 Å². The Morgan fingerprint density at radius 2 is 1.80 bits per heavy atom. The second-order valence-electron chi connectivity index (χ2n) is 6.64. The molecule has 2 aromatic heterocycles. The van der Waals surface area contributed by atoms with Gasteiger partial charge in [0.25, 0.3) is 5.91 Å². The zero-order valence-electron chi connectivity index (χ0n) is 16.1. The molecule has 2 N–H and O–H groups in total. The van der Waals surface area contributed by atoms with Gasteiger partial charge in [0.2, 0.25) is 5.95 Å². The van der Waals surface area contributed by atoms with Gasteiger partial charge in [-0.1, -0.05) is 6.07 Å². The molecule has 0 fully saturated rings. The molecule has 0 saturated heterocycles. The van der Waals surface area contributed by atoms with Gasteiger partial charge in [-0.2, -0.15) is 0 Å². The molecule has 0 unspecified atom stereocenters. The third-order valence-corrected chi connectivity index (χ3v) is 4.39. The highest BCUT2D eigenvalue weighted by Gasteiger charge is 2.11. The van der Waals surface area contributed by atoms with Gasteiger partial charge in [0.1, 0.15) is 5.82 Å². The van der Waals surface area contributed by atoms with Crippen LogP contribution in [0.3, 0.4) is 0 Å². The molecule has 148 valence electrons. The Kier molecular flexibility index (Phi) is 5.43. The first-order valence-electron chi connectivity index (χ1n) is 9.26. The number of aryl methyl sites for hydroxylation is 1. The summed E-state index contributed by atoms with van der Waals surface area (Å²) >= 11 is 0. The van der Waals surface area contributed by atoms with Crippen LogP contribution >= 0.6 is 0 Å². The number of rotatable bonds is 5. The van der Waals surface area contributed by atoms with Crippen LogP contribution in [0.15, 0.2) is 79.3 Å². The summed E-state index contributed by atoms with van der Waals surface area (Å²) in [6.45, 7) is 1.95. The first-order chi connectivity index (χ1) is 14.6. The SMILES string of the molecule is Cc1ccc(NC(=O)c2ccc(F)cc2)c(Nc2nccc(-c3cccnc3)n2)c1. The average molecular weight is 399 g/mol. The van der Waals surface area contributed by atoms with Gasteiger partial charge in [0, 0.05) is 29.7 Å². The van der Waals surface area contributed by atoms with Crippen LogP contribution in [-0.4, -0.2) is 20.9 Å². The molecule has 0 aliphatic rings. The number of anilines is 3. The Morgan fingerprint density at radius 3 is 2.57 bits per heavy atom. The standard InChI is InChI=1S/C23H18FN5O/c1-15-4-9-20(27-22(30)16-5-7-18(24)8-6-16)21(13-15)29-23-26-12-10-19(28-23)17-3-2-11-25-14-17/h2-14H,1H3,(H,27,30)(H,26,28,29). The maximum absolute atomic E-state index is 13.1. The van der Waals surface area contributed by atoms with Crippen molar-refractivity contribution < 1.29 is 9.18 Å². The van der Waals surface area contributed by atoms with E-state index in [0.717, 1.165) is 16.8 Å². The largest absolute Gasteiger partial charge is 0.322 e. The number of halogens is 1. The zero-order chi connectivity index (χ0) is 20.9. The van der Waals surface area contributed by atoms with Crippen LogP contribution in [0.2, 0.25) is 0 Å². The predicted molar refractivity (Wildman–Crippen MR) is 114 cm³/mol. The molecule has 30 heavy (non-hydrogen) atoms. The van der Waals surface area contributed by atoms with E-state index in [1.54, 1.807) is 30.7 Å². The predicted octanol–water partition coefficient (Wildman–Crippen LogP) is 4.98. The number of carbonyl (C=O) groups is 1. The van der Waals surface area contributed by atoms with Crippen molar-refractivity contribution in [3.63, 3.8) is 0 Å². The van der Waals surface area contributed by atoms with Crippen LogP contribution in [0.25, 0.3) is 11.3 Å². The van der Waals surface area contributed by atoms with E-state index in [4.69, 9.17) is 0 Å². The number of amides is 1. The van der Waals surface area contributed by atoms with Gasteiger partial charge in [-0.3, -0.25) is 9.78 Å². The number of aromatic nitrogens is 3. The summed E-state index contributed by atoms with van der Waals surface area (Å²) in [5, 5.41) is 6.02. The minimum absolute atomic E-state index is 0.341. The molecule has 4 rings (SSSR count). The highest BCUT2D eigenvalue weighted by Crippen LogP contribution is 2.27. The van der Waals surface area contributed by atoms with Crippen LogP contribution in [0.5, 0.6) is 0 Å². The summed E-state index contributed by atoms with van der Waals surface area (Å²) in [6.07, 6.45) is 5.09. The topological polar surface area (TPSA) is 79.8 Å². The van der Waals surface area contributed by atoms with E-state index >= 15 is 0 Å². The lowest BCUT2D eigenvalue weighted by Gasteiger charge is -2.14. The van der Waals surface area contributed by atoms with Crippen molar-refractivity contribution in [3.05, 3.63) is 96.2 Å². The van der Waals surface area contributed by atoms with E-state index in [2.05, 4.69) is 25.6 Å². The van der Waals surface area contributed by atoms with Crippen molar-refractivity contribution in [1.82, 2.24) is 15.0 Å². The Hall–Kier alpha value is -4.13. The molecular weight excluding hydrogens is 381 g/mol. The summed E-state index contributed by atoms with van der Waals surface area (Å²) in [4.78, 5) is 25.5. The number of pyridine rings is 1. The molecule has 0 aliphatic heterocycles. The molecule has 1 amide bonds. The maximum atomic E-state index is 13.1. The van der Waals surface area contributed by atoms with Crippen LogP contribution in [-0.2, 0) is 0 Å². The summed E-state index contributed by atoms with van der Waals surface area (Å²) < 4.78 is 13.1. The van der Waals surface area contributed by atoms with Crippen LogP contribution < -0.4 is 10.6 Å². The molecule has 2 heterocycles. The Labute approximate surface area is 172 Å².